The monoisotopic (exact) mass is 472 g/mol. The van der Waals surface area contributed by atoms with E-state index in [4.69, 9.17) is 0 Å². The van der Waals surface area contributed by atoms with E-state index in [1.807, 2.05) is 44.2 Å². The molecule has 2 N–H and O–H groups in total. The maximum absolute atomic E-state index is 13.6. The van der Waals surface area contributed by atoms with Crippen molar-refractivity contribution in [2.75, 3.05) is 5.43 Å². The zero-order valence-corrected chi connectivity index (χ0v) is 19.5. The number of hydrogen-bond donors (Lipinski definition) is 2. The van der Waals surface area contributed by atoms with E-state index in [2.05, 4.69) is 15.6 Å². The van der Waals surface area contributed by atoms with Gasteiger partial charge in [0.25, 0.3) is 5.56 Å². The number of benzene rings is 2. The Morgan fingerprint density at radius 2 is 1.74 bits per heavy atom. The van der Waals surface area contributed by atoms with Crippen molar-refractivity contribution in [3.8, 4) is 11.3 Å². The Kier molecular flexibility index (Phi) is 5.59. The van der Waals surface area contributed by atoms with Gasteiger partial charge >= 0.3 is 0 Å². The number of carbonyl (C=O) groups excluding carboxylic acids is 2. The van der Waals surface area contributed by atoms with Crippen LogP contribution in [-0.4, -0.2) is 26.9 Å². The zero-order chi connectivity index (χ0) is 24.7. The third kappa shape index (κ3) is 4.39. The molecule has 0 saturated carbocycles. The molecule has 8 heteroatoms. The van der Waals surface area contributed by atoms with Gasteiger partial charge in [0.15, 0.2) is 5.78 Å². The number of carbonyl (C=O) groups is 2. The number of Topliss-reactive ketones (excluding diaryl/α,β-unsaturated/α-hetero) is 1. The van der Waals surface area contributed by atoms with Gasteiger partial charge in [-0.25, -0.2) is 14.5 Å². The van der Waals surface area contributed by atoms with Crippen molar-refractivity contribution >= 4 is 17.4 Å². The SMILES string of the molecule is CC1(C)CC(=O)C2=C(C1)N(Nc1cc(=O)[nH]nc1-c1ccccc1)C(=O)C[C@@H]2c1ccc(F)cc1. The van der Waals surface area contributed by atoms with Crippen LogP contribution >= 0.6 is 0 Å². The second kappa shape index (κ2) is 8.61. The maximum atomic E-state index is 13.6. The minimum atomic E-state index is -0.453. The summed E-state index contributed by atoms with van der Waals surface area (Å²) in [6.45, 7) is 3.98. The van der Waals surface area contributed by atoms with E-state index >= 15 is 0 Å². The zero-order valence-electron chi connectivity index (χ0n) is 19.5. The number of nitrogens with one attached hydrogen (secondary N) is 2. The van der Waals surface area contributed by atoms with Crippen LogP contribution in [0.1, 0.15) is 44.6 Å². The van der Waals surface area contributed by atoms with Gasteiger partial charge in [-0.15, -0.1) is 0 Å². The maximum Gasteiger partial charge on any atom is 0.266 e. The summed E-state index contributed by atoms with van der Waals surface area (Å²) in [6.07, 6.45) is 0.885. The Morgan fingerprint density at radius 3 is 2.46 bits per heavy atom. The van der Waals surface area contributed by atoms with Gasteiger partial charge < -0.3 is 0 Å². The lowest BCUT2D eigenvalue weighted by atomic mass is 9.69. The fourth-order valence-electron chi connectivity index (χ4n) is 4.95. The first-order valence-corrected chi connectivity index (χ1v) is 11.5. The number of ketones is 1. The Balaban J connectivity index is 1.62. The van der Waals surface area contributed by atoms with Crippen LogP contribution in [-0.2, 0) is 9.59 Å². The normalized spacial score (nSPS) is 19.5. The molecule has 0 unspecified atom stereocenters. The Morgan fingerprint density at radius 1 is 1.03 bits per heavy atom. The Labute approximate surface area is 201 Å². The summed E-state index contributed by atoms with van der Waals surface area (Å²) in [5.41, 5.74) is 5.79. The van der Waals surface area contributed by atoms with Crippen LogP contribution in [0.25, 0.3) is 11.3 Å². The topological polar surface area (TPSA) is 95.2 Å². The van der Waals surface area contributed by atoms with Crippen LogP contribution < -0.4 is 11.0 Å². The third-order valence-corrected chi connectivity index (χ3v) is 6.50. The third-order valence-electron chi connectivity index (χ3n) is 6.50. The van der Waals surface area contributed by atoms with Crippen LogP contribution in [0.15, 0.2) is 76.7 Å². The van der Waals surface area contributed by atoms with Crippen LogP contribution in [0.5, 0.6) is 0 Å². The van der Waals surface area contributed by atoms with Gasteiger partial charge in [-0.2, -0.15) is 5.10 Å². The quantitative estimate of drug-likeness (QED) is 0.580. The molecule has 1 amide bonds. The highest BCUT2D eigenvalue weighted by Gasteiger charge is 2.44. The minimum absolute atomic E-state index is 0.0304. The lowest BCUT2D eigenvalue weighted by Crippen LogP contribution is -2.46. The molecule has 0 radical (unpaired) electrons. The molecule has 178 valence electrons. The molecule has 1 aliphatic heterocycles. The number of hydrazine groups is 1. The van der Waals surface area contributed by atoms with E-state index in [9.17, 15) is 18.8 Å². The van der Waals surface area contributed by atoms with E-state index in [1.165, 1.54) is 23.2 Å². The van der Waals surface area contributed by atoms with Crippen LogP contribution in [0.4, 0.5) is 10.1 Å². The molecule has 35 heavy (non-hydrogen) atoms. The minimum Gasteiger partial charge on any atom is -0.294 e. The van der Waals surface area contributed by atoms with Gasteiger partial charge in [-0.3, -0.25) is 19.8 Å². The number of anilines is 1. The van der Waals surface area contributed by atoms with Gasteiger partial charge in [0.2, 0.25) is 5.91 Å². The molecule has 1 aliphatic carbocycles. The summed E-state index contributed by atoms with van der Waals surface area (Å²) in [4.78, 5) is 39.0. The fourth-order valence-corrected chi connectivity index (χ4v) is 4.95. The van der Waals surface area contributed by atoms with Crippen molar-refractivity contribution < 1.29 is 14.0 Å². The summed E-state index contributed by atoms with van der Waals surface area (Å²) in [6, 6.07) is 16.6. The van der Waals surface area contributed by atoms with Crippen LogP contribution in [0.2, 0.25) is 0 Å². The van der Waals surface area contributed by atoms with Crippen molar-refractivity contribution in [2.45, 2.75) is 39.0 Å². The predicted octanol–water partition coefficient (Wildman–Crippen LogP) is 4.56. The lowest BCUT2D eigenvalue weighted by molar-refractivity contribution is -0.130. The molecule has 1 aromatic heterocycles. The molecular weight excluding hydrogens is 447 g/mol. The van der Waals surface area contributed by atoms with Crippen molar-refractivity contribution in [3.05, 3.63) is 93.7 Å². The number of rotatable bonds is 4. The van der Waals surface area contributed by atoms with E-state index in [0.29, 0.717) is 35.5 Å². The standard InChI is InChI=1S/C27H25FN4O3/c1-27(2)14-21-25(22(33)15-27)19(16-8-10-18(28)11-9-16)12-24(35)32(21)31-20-13-23(34)29-30-26(20)17-6-4-3-5-7-17/h3-11,13,19H,12,14-15H2,1-2H3,(H2,29,31,34)/t19-/m1/s1. The number of amides is 1. The fraction of sp³-hybridized carbons (Fsp3) is 0.259. The Bertz CT molecular complexity index is 1390. The predicted molar refractivity (Wildman–Crippen MR) is 130 cm³/mol. The highest BCUT2D eigenvalue weighted by atomic mass is 19.1. The van der Waals surface area contributed by atoms with E-state index in [-0.39, 0.29) is 29.3 Å². The van der Waals surface area contributed by atoms with Gasteiger partial charge in [-0.1, -0.05) is 56.3 Å². The van der Waals surface area contributed by atoms with E-state index < -0.39 is 11.5 Å². The van der Waals surface area contributed by atoms with Crippen molar-refractivity contribution in [3.63, 3.8) is 0 Å². The number of hydrogen-bond acceptors (Lipinski definition) is 5. The summed E-state index contributed by atoms with van der Waals surface area (Å²) >= 11 is 0. The first kappa shape index (κ1) is 22.7. The lowest BCUT2D eigenvalue weighted by Gasteiger charge is -2.43. The van der Waals surface area contributed by atoms with Crippen LogP contribution in [0, 0.1) is 11.2 Å². The summed E-state index contributed by atoms with van der Waals surface area (Å²) in [5.74, 6) is -1.11. The largest absolute Gasteiger partial charge is 0.294 e. The number of H-pyrrole nitrogens is 1. The highest BCUT2D eigenvalue weighted by molar-refractivity contribution is 6.02. The molecule has 5 rings (SSSR count). The number of aromatic nitrogens is 2. The molecule has 0 spiro atoms. The molecular formula is C27H25FN4O3. The van der Waals surface area contributed by atoms with Gasteiger partial charge in [-0.05, 0) is 29.5 Å². The van der Waals surface area contributed by atoms with Gasteiger partial charge in [0.1, 0.15) is 11.5 Å². The molecule has 2 heterocycles. The molecule has 0 fully saturated rings. The average molecular weight is 473 g/mol. The first-order chi connectivity index (χ1) is 16.7. The number of halogens is 1. The van der Waals surface area contributed by atoms with Crippen molar-refractivity contribution in [2.24, 2.45) is 5.41 Å². The summed E-state index contributed by atoms with van der Waals surface area (Å²) in [5, 5.41) is 8.05. The summed E-state index contributed by atoms with van der Waals surface area (Å²) < 4.78 is 13.6. The van der Waals surface area contributed by atoms with E-state index in [1.54, 1.807) is 12.1 Å². The van der Waals surface area contributed by atoms with Crippen LogP contribution in [0.3, 0.4) is 0 Å². The summed E-state index contributed by atoms with van der Waals surface area (Å²) in [7, 11) is 0. The number of allylic oxidation sites excluding steroid dienone is 2. The Hall–Kier alpha value is -4.07. The van der Waals surface area contributed by atoms with Crippen molar-refractivity contribution in [1.29, 1.82) is 0 Å². The van der Waals surface area contributed by atoms with Gasteiger partial charge in [0, 0.05) is 36.0 Å². The first-order valence-electron chi connectivity index (χ1n) is 11.5. The molecule has 2 aromatic carbocycles. The number of nitrogens with zero attached hydrogens (tertiary/aromatic N) is 2. The molecule has 0 bridgehead atoms. The second-order valence-electron chi connectivity index (χ2n) is 9.81. The molecule has 7 nitrogen and oxygen atoms in total. The average Bonchev–Trinajstić information content (AvgIpc) is 2.81. The molecule has 0 saturated heterocycles. The highest BCUT2D eigenvalue weighted by Crippen LogP contribution is 2.47. The molecule has 1 atom stereocenters. The second-order valence-corrected chi connectivity index (χ2v) is 9.81. The number of aromatic amines is 1. The van der Waals surface area contributed by atoms with Crippen molar-refractivity contribution in [1.82, 2.24) is 15.2 Å². The molecule has 3 aromatic rings. The van der Waals surface area contributed by atoms with Gasteiger partial charge in [0.05, 0.1) is 11.4 Å². The van der Waals surface area contributed by atoms with E-state index in [0.717, 1.165) is 11.1 Å². The molecule has 2 aliphatic rings. The smallest absolute Gasteiger partial charge is 0.266 e.